The number of benzene rings is 1. The molecule has 1 aliphatic heterocycles. The summed E-state index contributed by atoms with van der Waals surface area (Å²) in [6, 6.07) is 6.51. The van der Waals surface area contributed by atoms with E-state index in [9.17, 15) is 15.2 Å². The molecule has 4 atom stereocenters. The molecule has 7 nitrogen and oxygen atoms in total. The highest BCUT2D eigenvalue weighted by molar-refractivity contribution is 5.97. The monoisotopic (exact) mass is 449 g/mol. The van der Waals surface area contributed by atoms with Crippen LogP contribution in [0.15, 0.2) is 30.6 Å². The average molecular weight is 450 g/mol. The molecule has 0 bridgehead atoms. The molecule has 0 saturated carbocycles. The Hall–Kier alpha value is -3.28. The van der Waals surface area contributed by atoms with Gasteiger partial charge in [0.05, 0.1) is 11.6 Å². The van der Waals surface area contributed by atoms with E-state index in [2.05, 4.69) is 16.0 Å². The Labute approximate surface area is 192 Å². The third-order valence-corrected chi connectivity index (χ3v) is 6.89. The fourth-order valence-electron chi connectivity index (χ4n) is 5.25. The van der Waals surface area contributed by atoms with Crippen molar-refractivity contribution in [1.82, 2.24) is 14.9 Å². The van der Waals surface area contributed by atoms with Gasteiger partial charge in [-0.2, -0.15) is 5.26 Å². The Balaban J connectivity index is 1.78. The lowest BCUT2D eigenvalue weighted by molar-refractivity contribution is -0.150. The van der Waals surface area contributed by atoms with Crippen LogP contribution in [0, 0.1) is 35.9 Å². The van der Waals surface area contributed by atoms with E-state index in [0.717, 1.165) is 0 Å². The number of hydrogen-bond acceptors (Lipinski definition) is 5. The van der Waals surface area contributed by atoms with Gasteiger partial charge in [-0.05, 0) is 42.7 Å². The summed E-state index contributed by atoms with van der Waals surface area (Å²) in [5.41, 5.74) is 7.46. The number of rotatable bonds is 3. The second-order valence-electron chi connectivity index (χ2n) is 9.21. The quantitative estimate of drug-likeness (QED) is 0.567. The summed E-state index contributed by atoms with van der Waals surface area (Å²) in [6.45, 7) is 7.66. The first kappa shape index (κ1) is 22.9. The van der Waals surface area contributed by atoms with Crippen molar-refractivity contribution >= 4 is 16.9 Å². The van der Waals surface area contributed by atoms with E-state index in [-0.39, 0.29) is 11.5 Å². The fourth-order valence-corrected chi connectivity index (χ4v) is 5.25. The van der Waals surface area contributed by atoms with Crippen LogP contribution in [0.5, 0.6) is 0 Å². The van der Waals surface area contributed by atoms with Gasteiger partial charge < -0.3 is 20.7 Å². The molecule has 1 fully saturated rings. The number of piperidine rings is 1. The number of amides is 1. The number of H-pyrrole nitrogens is 1. The van der Waals surface area contributed by atoms with Gasteiger partial charge >= 0.3 is 0 Å². The normalized spacial score (nSPS) is 24.0. The smallest absolute Gasteiger partial charge is 0.239 e. The van der Waals surface area contributed by atoms with Crippen molar-refractivity contribution < 1.29 is 14.3 Å². The summed E-state index contributed by atoms with van der Waals surface area (Å²) in [7, 11) is 0. The van der Waals surface area contributed by atoms with Crippen molar-refractivity contribution in [3.63, 3.8) is 0 Å². The highest BCUT2D eigenvalue weighted by Gasteiger charge is 2.49. The summed E-state index contributed by atoms with van der Waals surface area (Å²) in [4.78, 5) is 21.3. The van der Waals surface area contributed by atoms with Gasteiger partial charge in [0, 0.05) is 48.3 Å². The topological polar surface area (TPSA) is 119 Å². The third kappa shape index (κ3) is 3.58. The summed E-state index contributed by atoms with van der Waals surface area (Å²) < 4.78 is 15.7. The predicted molar refractivity (Wildman–Crippen MR) is 123 cm³/mol. The zero-order valence-electron chi connectivity index (χ0n) is 19.2. The minimum absolute atomic E-state index is 0.176. The zero-order valence-corrected chi connectivity index (χ0v) is 19.2. The van der Waals surface area contributed by atoms with Crippen molar-refractivity contribution in [2.24, 2.45) is 17.6 Å². The minimum Gasteiger partial charge on any atom is -0.384 e. The first-order valence-corrected chi connectivity index (χ1v) is 11.0. The van der Waals surface area contributed by atoms with E-state index in [1.165, 1.54) is 6.07 Å². The Morgan fingerprint density at radius 1 is 1.39 bits per heavy atom. The number of nitrogens with one attached hydrogen (secondary N) is 1. The van der Waals surface area contributed by atoms with Gasteiger partial charge in [0.1, 0.15) is 23.1 Å². The van der Waals surface area contributed by atoms with Crippen molar-refractivity contribution in [2.45, 2.75) is 39.3 Å². The number of carbonyl (C=O) groups excluding carboxylic acids is 1. The van der Waals surface area contributed by atoms with E-state index in [4.69, 9.17) is 5.73 Å². The number of aromatic nitrogens is 2. The second-order valence-corrected chi connectivity index (χ2v) is 9.21. The molecular weight excluding hydrogens is 421 g/mol. The number of likely N-dealkylation sites (tertiary alicyclic amines) is 1. The van der Waals surface area contributed by atoms with E-state index in [1.54, 1.807) is 37.2 Å². The van der Waals surface area contributed by atoms with Crippen LogP contribution in [-0.2, 0) is 10.4 Å². The molecule has 0 spiro atoms. The van der Waals surface area contributed by atoms with Gasteiger partial charge in [0.2, 0.25) is 5.91 Å². The van der Waals surface area contributed by atoms with Gasteiger partial charge in [-0.3, -0.25) is 4.79 Å². The molecule has 172 valence electrons. The molecule has 1 saturated heterocycles. The second kappa shape index (κ2) is 8.25. The van der Waals surface area contributed by atoms with E-state index in [1.807, 2.05) is 19.9 Å². The number of fused-ring (bicyclic) bond motifs is 1. The molecular formula is C25H28FN5O2. The molecule has 1 amide bonds. The Kier molecular flexibility index (Phi) is 5.72. The molecule has 0 radical (unpaired) electrons. The molecule has 8 heteroatoms. The highest BCUT2D eigenvalue weighted by atomic mass is 19.1. The molecule has 1 aromatic carbocycles. The molecule has 2 aromatic heterocycles. The number of carbonyl (C=O) groups is 1. The van der Waals surface area contributed by atoms with Crippen LogP contribution in [-0.4, -0.2) is 45.0 Å². The molecule has 0 aliphatic carbocycles. The number of aliphatic hydroxyl groups is 1. The number of aryl methyl sites for hydroxylation is 1. The van der Waals surface area contributed by atoms with E-state index < -0.39 is 29.3 Å². The lowest BCUT2D eigenvalue weighted by atomic mass is 9.69. The predicted octanol–water partition coefficient (Wildman–Crippen LogP) is 3.20. The van der Waals surface area contributed by atoms with Gasteiger partial charge in [-0.1, -0.05) is 19.9 Å². The zero-order chi connectivity index (χ0) is 24.1. The Morgan fingerprint density at radius 2 is 2.06 bits per heavy atom. The van der Waals surface area contributed by atoms with Crippen molar-refractivity contribution in [3.8, 4) is 17.2 Å². The number of aromatic amines is 1. The van der Waals surface area contributed by atoms with Crippen LogP contribution in [0.1, 0.15) is 37.5 Å². The number of nitrogens with two attached hydrogens (primary N) is 1. The average Bonchev–Trinajstić information content (AvgIpc) is 3.19. The maximum Gasteiger partial charge on any atom is 0.239 e. The van der Waals surface area contributed by atoms with Gasteiger partial charge in [0.25, 0.3) is 0 Å². The molecule has 4 N–H and O–H groups in total. The highest BCUT2D eigenvalue weighted by Crippen LogP contribution is 2.45. The van der Waals surface area contributed by atoms with Crippen LogP contribution in [0.3, 0.4) is 0 Å². The van der Waals surface area contributed by atoms with Crippen LogP contribution in [0.2, 0.25) is 0 Å². The Bertz CT molecular complexity index is 1240. The number of halogens is 1. The van der Waals surface area contributed by atoms with Crippen LogP contribution < -0.4 is 5.73 Å². The minimum atomic E-state index is -1.44. The van der Waals surface area contributed by atoms with Crippen molar-refractivity contribution in [1.29, 1.82) is 5.26 Å². The lowest BCUT2D eigenvalue weighted by Crippen LogP contribution is -2.58. The molecule has 3 aromatic rings. The fraction of sp³-hybridized carbons (Fsp3) is 0.400. The number of nitriles is 1. The van der Waals surface area contributed by atoms with Gasteiger partial charge in [-0.15, -0.1) is 0 Å². The van der Waals surface area contributed by atoms with Crippen LogP contribution in [0.4, 0.5) is 4.39 Å². The lowest BCUT2D eigenvalue weighted by Gasteiger charge is -2.49. The summed E-state index contributed by atoms with van der Waals surface area (Å²) in [6.07, 6.45) is 3.20. The first-order valence-electron chi connectivity index (χ1n) is 11.0. The third-order valence-electron chi connectivity index (χ3n) is 6.89. The number of pyridine rings is 1. The van der Waals surface area contributed by atoms with Crippen LogP contribution in [0.25, 0.3) is 22.2 Å². The first-order chi connectivity index (χ1) is 15.6. The van der Waals surface area contributed by atoms with E-state index in [0.29, 0.717) is 46.4 Å². The number of hydrogen-bond donors (Lipinski definition) is 3. The van der Waals surface area contributed by atoms with Crippen molar-refractivity contribution in [2.75, 3.05) is 13.1 Å². The summed E-state index contributed by atoms with van der Waals surface area (Å²) in [5, 5.41) is 21.9. The SMILES string of the molecule is Cc1cc(-c2ccnc3[nH]cc(C#N)c23)cc(F)c1[C@@]1(O)[C@H](C)CN(C(=O)[C@H](C)N)C[C@@H]1C. The standard InChI is InChI=1S/C25H28FN5O2/c1-13-7-17(19-5-6-29-23-21(19)18(9-27)10-30-23)8-20(26)22(13)25(33)14(2)11-31(12-15(25)3)24(32)16(4)28/h5-8,10,14-16,33H,11-12,28H2,1-4H3,(H,29,30)/t14-,15+,16-,25-/m0/s1. The largest absolute Gasteiger partial charge is 0.384 e. The van der Waals surface area contributed by atoms with Gasteiger partial charge in [0.15, 0.2) is 0 Å². The molecule has 4 rings (SSSR count). The van der Waals surface area contributed by atoms with Crippen molar-refractivity contribution in [3.05, 3.63) is 53.1 Å². The maximum absolute atomic E-state index is 15.7. The molecule has 33 heavy (non-hydrogen) atoms. The summed E-state index contributed by atoms with van der Waals surface area (Å²) in [5.74, 6) is -1.49. The van der Waals surface area contributed by atoms with E-state index >= 15 is 4.39 Å². The Morgan fingerprint density at radius 3 is 2.64 bits per heavy atom. The summed E-state index contributed by atoms with van der Waals surface area (Å²) >= 11 is 0. The molecule has 0 unspecified atom stereocenters. The van der Waals surface area contributed by atoms with Gasteiger partial charge in [-0.25, -0.2) is 9.37 Å². The van der Waals surface area contributed by atoms with Crippen LogP contribution >= 0.6 is 0 Å². The molecule has 1 aliphatic rings. The molecule has 3 heterocycles. The maximum atomic E-state index is 15.7. The number of nitrogens with zero attached hydrogens (tertiary/aromatic N) is 3.